The molecule has 0 aliphatic rings. The predicted molar refractivity (Wildman–Crippen MR) is 83.8 cm³/mol. The van der Waals surface area contributed by atoms with Crippen LogP contribution in [0.3, 0.4) is 0 Å². The van der Waals surface area contributed by atoms with E-state index in [-0.39, 0.29) is 0 Å². The van der Waals surface area contributed by atoms with Gasteiger partial charge in [0.15, 0.2) is 11.0 Å². The summed E-state index contributed by atoms with van der Waals surface area (Å²) in [6.07, 6.45) is 4.99. The smallest absolute Gasteiger partial charge is 0.191 e. The van der Waals surface area contributed by atoms with E-state index in [1.807, 2.05) is 29.3 Å². The molecule has 0 amide bonds. The van der Waals surface area contributed by atoms with Crippen molar-refractivity contribution in [2.45, 2.75) is 38.3 Å². The lowest BCUT2D eigenvalue weighted by molar-refractivity contribution is 0.746. The first-order valence-electron chi connectivity index (χ1n) is 6.87. The van der Waals surface area contributed by atoms with Crippen molar-refractivity contribution in [1.82, 2.24) is 19.7 Å². The molecule has 0 saturated heterocycles. The minimum Gasteiger partial charge on any atom is -0.370 e. The van der Waals surface area contributed by atoms with Gasteiger partial charge in [0.1, 0.15) is 5.82 Å². The molecule has 2 rings (SSSR count). The normalized spacial score (nSPS) is 11.1. The number of hydrogen-bond donors (Lipinski definition) is 1. The molecule has 0 aromatic carbocycles. The lowest BCUT2D eigenvalue weighted by Gasteiger charge is -2.08. The van der Waals surface area contributed by atoms with Gasteiger partial charge in [0.2, 0.25) is 0 Å². The second-order valence-electron chi connectivity index (χ2n) is 4.86. The van der Waals surface area contributed by atoms with Gasteiger partial charge in [-0.15, -0.1) is 0 Å². The van der Waals surface area contributed by atoms with Crippen molar-refractivity contribution in [3.63, 3.8) is 0 Å². The number of anilines is 1. The Hall–Kier alpha value is -1.56. The molecule has 1 N–H and O–H groups in total. The summed E-state index contributed by atoms with van der Waals surface area (Å²) >= 11 is 1.54. The van der Waals surface area contributed by atoms with E-state index >= 15 is 0 Å². The zero-order chi connectivity index (χ0) is 14.5. The molecule has 2 heterocycles. The van der Waals surface area contributed by atoms with E-state index in [9.17, 15) is 0 Å². The zero-order valence-electron chi connectivity index (χ0n) is 12.4. The Morgan fingerprint density at radius 2 is 2.15 bits per heavy atom. The second kappa shape index (κ2) is 6.74. The van der Waals surface area contributed by atoms with Gasteiger partial charge < -0.3 is 5.32 Å². The van der Waals surface area contributed by atoms with Gasteiger partial charge in [0, 0.05) is 18.8 Å². The summed E-state index contributed by atoms with van der Waals surface area (Å²) in [6.45, 7) is 7.30. The molecule has 5 nitrogen and oxygen atoms in total. The largest absolute Gasteiger partial charge is 0.370 e. The van der Waals surface area contributed by atoms with Crippen LogP contribution < -0.4 is 5.32 Å². The fourth-order valence-corrected chi connectivity index (χ4v) is 2.11. The van der Waals surface area contributed by atoms with Crippen LogP contribution in [0.4, 0.5) is 5.82 Å². The number of nitrogens with zero attached hydrogens (tertiary/aromatic N) is 4. The fraction of sp³-hybridized carbons (Fsp3) is 0.500. The molecule has 0 spiro atoms. The average molecular weight is 291 g/mol. The molecule has 0 unspecified atom stereocenters. The highest BCUT2D eigenvalue weighted by molar-refractivity contribution is 7.98. The first-order chi connectivity index (χ1) is 9.63. The van der Waals surface area contributed by atoms with Gasteiger partial charge in [-0.25, -0.2) is 14.6 Å². The molecule has 2 aromatic rings. The fourth-order valence-electron chi connectivity index (χ4n) is 1.74. The Labute approximate surface area is 124 Å². The third-order valence-electron chi connectivity index (χ3n) is 2.87. The summed E-state index contributed by atoms with van der Waals surface area (Å²) in [5.74, 6) is 2.06. The maximum atomic E-state index is 4.57. The SMILES string of the molecule is CCCNc1cc(-n2ccc(C(C)C)n2)nc(SC)n1. The number of thioether (sulfide) groups is 1. The van der Waals surface area contributed by atoms with Gasteiger partial charge in [-0.05, 0) is 24.7 Å². The molecule has 2 aromatic heterocycles. The number of aromatic nitrogens is 4. The van der Waals surface area contributed by atoms with Crippen LogP contribution in [0.25, 0.3) is 5.82 Å². The minimum atomic E-state index is 0.413. The van der Waals surface area contributed by atoms with E-state index in [1.165, 1.54) is 11.8 Å². The summed E-state index contributed by atoms with van der Waals surface area (Å²) in [4.78, 5) is 8.97. The lowest BCUT2D eigenvalue weighted by atomic mass is 10.1. The Morgan fingerprint density at radius 3 is 2.75 bits per heavy atom. The first kappa shape index (κ1) is 14.8. The molecule has 0 radical (unpaired) electrons. The van der Waals surface area contributed by atoms with Crippen molar-refractivity contribution < 1.29 is 0 Å². The average Bonchev–Trinajstić information content (AvgIpc) is 2.94. The third kappa shape index (κ3) is 3.50. The van der Waals surface area contributed by atoms with Crippen molar-refractivity contribution in [2.75, 3.05) is 18.1 Å². The zero-order valence-corrected chi connectivity index (χ0v) is 13.2. The van der Waals surface area contributed by atoms with E-state index in [1.54, 1.807) is 0 Å². The van der Waals surface area contributed by atoms with Crippen LogP contribution in [0.1, 0.15) is 38.8 Å². The predicted octanol–water partition coefficient (Wildman–Crippen LogP) is 3.33. The molecule has 20 heavy (non-hydrogen) atoms. The van der Waals surface area contributed by atoms with Gasteiger partial charge in [0.25, 0.3) is 0 Å². The van der Waals surface area contributed by atoms with E-state index in [0.717, 1.165) is 35.5 Å². The second-order valence-corrected chi connectivity index (χ2v) is 5.64. The molecule has 0 atom stereocenters. The van der Waals surface area contributed by atoms with Crippen LogP contribution in [0.15, 0.2) is 23.5 Å². The van der Waals surface area contributed by atoms with Gasteiger partial charge in [-0.3, -0.25) is 0 Å². The highest BCUT2D eigenvalue weighted by Crippen LogP contribution is 2.18. The molecular weight excluding hydrogens is 270 g/mol. The number of nitrogens with one attached hydrogen (secondary N) is 1. The van der Waals surface area contributed by atoms with Crippen molar-refractivity contribution in [3.8, 4) is 5.82 Å². The Morgan fingerprint density at radius 1 is 1.35 bits per heavy atom. The number of hydrogen-bond acceptors (Lipinski definition) is 5. The molecule has 0 fully saturated rings. The van der Waals surface area contributed by atoms with Crippen LogP contribution in [0.2, 0.25) is 0 Å². The minimum absolute atomic E-state index is 0.413. The molecule has 0 saturated carbocycles. The van der Waals surface area contributed by atoms with Crippen molar-refractivity contribution in [2.24, 2.45) is 0 Å². The highest BCUT2D eigenvalue weighted by atomic mass is 32.2. The monoisotopic (exact) mass is 291 g/mol. The first-order valence-corrected chi connectivity index (χ1v) is 8.09. The summed E-state index contributed by atoms with van der Waals surface area (Å²) in [6, 6.07) is 3.97. The maximum absolute atomic E-state index is 4.57. The molecular formula is C14H21N5S. The van der Waals surface area contributed by atoms with Gasteiger partial charge >= 0.3 is 0 Å². The molecule has 6 heteroatoms. The van der Waals surface area contributed by atoms with Crippen molar-refractivity contribution >= 4 is 17.6 Å². The third-order valence-corrected chi connectivity index (χ3v) is 3.41. The Bertz CT molecular complexity index is 564. The van der Waals surface area contributed by atoms with Crippen LogP contribution in [-0.4, -0.2) is 32.5 Å². The standard InChI is InChI=1S/C14H21N5S/c1-5-7-15-12-9-13(17-14(16-12)20-4)19-8-6-11(18-19)10(2)3/h6,8-10H,5,7H2,1-4H3,(H,15,16,17). The van der Waals surface area contributed by atoms with Crippen LogP contribution >= 0.6 is 11.8 Å². The van der Waals surface area contributed by atoms with Gasteiger partial charge in [-0.1, -0.05) is 32.5 Å². The van der Waals surface area contributed by atoms with Gasteiger partial charge in [0.05, 0.1) is 5.69 Å². The van der Waals surface area contributed by atoms with Crippen LogP contribution in [-0.2, 0) is 0 Å². The van der Waals surface area contributed by atoms with Crippen LogP contribution in [0, 0.1) is 0 Å². The Kier molecular flexibility index (Phi) is 5.00. The van der Waals surface area contributed by atoms with E-state index < -0.39 is 0 Å². The quantitative estimate of drug-likeness (QED) is 0.653. The Balaban J connectivity index is 2.33. The van der Waals surface area contributed by atoms with Crippen molar-refractivity contribution in [1.29, 1.82) is 0 Å². The molecule has 0 aliphatic carbocycles. The summed E-state index contributed by atoms with van der Waals surface area (Å²) in [7, 11) is 0. The lowest BCUT2D eigenvalue weighted by Crippen LogP contribution is -2.07. The summed E-state index contributed by atoms with van der Waals surface area (Å²) in [5, 5.41) is 8.62. The topological polar surface area (TPSA) is 55.6 Å². The molecule has 108 valence electrons. The summed E-state index contributed by atoms with van der Waals surface area (Å²) < 4.78 is 1.81. The van der Waals surface area contributed by atoms with Crippen LogP contribution in [0.5, 0.6) is 0 Å². The van der Waals surface area contributed by atoms with Crippen molar-refractivity contribution in [3.05, 3.63) is 24.0 Å². The molecule has 0 aliphatic heterocycles. The van der Waals surface area contributed by atoms with E-state index in [2.05, 4.69) is 41.2 Å². The highest BCUT2D eigenvalue weighted by Gasteiger charge is 2.09. The van der Waals surface area contributed by atoms with Gasteiger partial charge in [-0.2, -0.15) is 5.10 Å². The summed E-state index contributed by atoms with van der Waals surface area (Å²) in [5.41, 5.74) is 1.07. The maximum Gasteiger partial charge on any atom is 0.191 e. The number of rotatable bonds is 6. The van der Waals surface area contributed by atoms with E-state index in [4.69, 9.17) is 0 Å². The molecule has 0 bridgehead atoms. The van der Waals surface area contributed by atoms with E-state index in [0.29, 0.717) is 5.92 Å².